The quantitative estimate of drug-likeness (QED) is 0.739. The Kier molecular flexibility index (Phi) is 7.46. The number of sulfonamides is 1. The Labute approximate surface area is 184 Å². The summed E-state index contributed by atoms with van der Waals surface area (Å²) in [5, 5.41) is 3.04. The van der Waals surface area contributed by atoms with E-state index in [1.54, 1.807) is 0 Å². The molecule has 0 radical (unpaired) electrons. The minimum Gasteiger partial charge on any atom is -0.348 e. The van der Waals surface area contributed by atoms with Crippen LogP contribution in [0.15, 0.2) is 47.4 Å². The van der Waals surface area contributed by atoms with Crippen LogP contribution in [0.1, 0.15) is 36.1 Å². The Morgan fingerprint density at radius 1 is 1.03 bits per heavy atom. The summed E-state index contributed by atoms with van der Waals surface area (Å²) >= 11 is 0. The fourth-order valence-electron chi connectivity index (χ4n) is 3.71. The van der Waals surface area contributed by atoms with Crippen molar-refractivity contribution in [3.8, 4) is 0 Å². The monoisotopic (exact) mass is 447 g/mol. The molecule has 0 bridgehead atoms. The molecule has 0 unspecified atom stereocenters. The lowest BCUT2D eigenvalue weighted by Gasteiger charge is -2.22. The van der Waals surface area contributed by atoms with Gasteiger partial charge in [0, 0.05) is 19.6 Å². The van der Waals surface area contributed by atoms with Gasteiger partial charge in [-0.2, -0.15) is 4.31 Å². The second-order valence-electron chi connectivity index (χ2n) is 8.12. The summed E-state index contributed by atoms with van der Waals surface area (Å²) in [6.45, 7) is 8.06. The minimum atomic E-state index is -3.68. The average molecular weight is 448 g/mol. The second-order valence-corrected chi connectivity index (χ2v) is 10.1. The first-order valence-electron chi connectivity index (χ1n) is 10.5. The number of hydrogen-bond donors (Lipinski definition) is 1. The van der Waals surface area contributed by atoms with Crippen LogP contribution >= 0.6 is 0 Å². The molecule has 0 saturated carbocycles. The SMILES string of the molecule is Cc1ccc([C@H](C)NC(=O)CN2CCCN(S(=O)(=O)c3ccc(F)cc3)CC2)cc1C. The molecule has 1 aliphatic heterocycles. The highest BCUT2D eigenvalue weighted by Crippen LogP contribution is 2.19. The zero-order valence-electron chi connectivity index (χ0n) is 18.3. The third-order valence-electron chi connectivity index (χ3n) is 5.77. The van der Waals surface area contributed by atoms with Crippen LogP contribution in [0.5, 0.6) is 0 Å². The number of benzene rings is 2. The topological polar surface area (TPSA) is 69.7 Å². The Bertz CT molecular complexity index is 1020. The summed E-state index contributed by atoms with van der Waals surface area (Å²) in [5.41, 5.74) is 3.46. The van der Waals surface area contributed by atoms with Crippen LogP contribution in [0.25, 0.3) is 0 Å². The van der Waals surface area contributed by atoms with Gasteiger partial charge in [-0.3, -0.25) is 9.69 Å². The molecule has 1 fully saturated rings. The summed E-state index contributed by atoms with van der Waals surface area (Å²) in [6, 6.07) is 10.9. The van der Waals surface area contributed by atoms with Crippen molar-refractivity contribution in [2.75, 3.05) is 32.7 Å². The maximum Gasteiger partial charge on any atom is 0.243 e. The Morgan fingerprint density at radius 2 is 1.74 bits per heavy atom. The van der Waals surface area contributed by atoms with Gasteiger partial charge < -0.3 is 5.32 Å². The zero-order chi connectivity index (χ0) is 22.6. The summed E-state index contributed by atoms with van der Waals surface area (Å²) in [4.78, 5) is 14.6. The van der Waals surface area contributed by atoms with Crippen molar-refractivity contribution in [2.24, 2.45) is 0 Å². The molecule has 1 amide bonds. The van der Waals surface area contributed by atoms with E-state index in [1.165, 1.54) is 27.6 Å². The molecular weight excluding hydrogens is 417 g/mol. The molecule has 3 rings (SSSR count). The molecule has 0 aromatic heterocycles. The summed E-state index contributed by atoms with van der Waals surface area (Å²) in [6.07, 6.45) is 0.625. The fourth-order valence-corrected chi connectivity index (χ4v) is 5.18. The van der Waals surface area contributed by atoms with Crippen molar-refractivity contribution >= 4 is 15.9 Å². The van der Waals surface area contributed by atoms with Crippen molar-refractivity contribution in [2.45, 2.75) is 38.1 Å². The lowest BCUT2D eigenvalue weighted by molar-refractivity contribution is -0.122. The number of rotatable bonds is 6. The second kappa shape index (κ2) is 9.89. The molecule has 31 heavy (non-hydrogen) atoms. The van der Waals surface area contributed by atoms with Crippen LogP contribution in [0, 0.1) is 19.7 Å². The normalized spacial score (nSPS) is 17.2. The standard InChI is InChI=1S/C23H30FN3O3S/c1-17-5-6-20(15-18(17)2)19(3)25-23(28)16-26-11-4-12-27(14-13-26)31(29,30)22-9-7-21(24)8-10-22/h5-10,15,19H,4,11-14,16H2,1-3H3,(H,25,28)/t19-/m0/s1. The van der Waals surface area contributed by atoms with Crippen LogP contribution in [0.3, 0.4) is 0 Å². The number of nitrogens with one attached hydrogen (secondary N) is 1. The molecule has 1 aliphatic rings. The molecule has 6 nitrogen and oxygen atoms in total. The zero-order valence-corrected chi connectivity index (χ0v) is 19.1. The van der Waals surface area contributed by atoms with Gasteiger partial charge in [-0.25, -0.2) is 12.8 Å². The molecule has 2 aromatic rings. The lowest BCUT2D eigenvalue weighted by atomic mass is 10.0. The summed E-state index contributed by atoms with van der Waals surface area (Å²) in [5.74, 6) is -0.553. The van der Waals surface area contributed by atoms with Crippen LogP contribution in [-0.2, 0) is 14.8 Å². The van der Waals surface area contributed by atoms with Crippen LogP contribution in [0.2, 0.25) is 0 Å². The van der Waals surface area contributed by atoms with Crippen molar-refractivity contribution in [3.63, 3.8) is 0 Å². The van der Waals surface area contributed by atoms with E-state index in [0.717, 1.165) is 17.7 Å². The van der Waals surface area contributed by atoms with Gasteiger partial charge in [0.2, 0.25) is 15.9 Å². The molecule has 1 atom stereocenters. The van der Waals surface area contributed by atoms with Gasteiger partial charge in [0.15, 0.2) is 0 Å². The number of halogens is 1. The molecule has 168 valence electrons. The maximum absolute atomic E-state index is 13.1. The molecule has 0 aliphatic carbocycles. The van der Waals surface area contributed by atoms with E-state index in [4.69, 9.17) is 0 Å². The molecule has 1 heterocycles. The number of aryl methyl sites for hydroxylation is 2. The van der Waals surface area contributed by atoms with Gasteiger partial charge in [0.25, 0.3) is 0 Å². The van der Waals surface area contributed by atoms with E-state index in [0.29, 0.717) is 32.6 Å². The molecular formula is C23H30FN3O3S. The third kappa shape index (κ3) is 5.90. The minimum absolute atomic E-state index is 0.0828. The first kappa shape index (κ1) is 23.4. The highest BCUT2D eigenvalue weighted by atomic mass is 32.2. The predicted octanol–water partition coefficient (Wildman–Crippen LogP) is 3.02. The molecule has 0 spiro atoms. The van der Waals surface area contributed by atoms with Crippen LogP contribution in [0.4, 0.5) is 4.39 Å². The van der Waals surface area contributed by atoms with Gasteiger partial charge in [0.05, 0.1) is 17.5 Å². The Balaban J connectivity index is 1.56. The fraction of sp³-hybridized carbons (Fsp3) is 0.435. The van der Waals surface area contributed by atoms with Gasteiger partial charge in [-0.05, 0) is 74.7 Å². The van der Waals surface area contributed by atoms with Gasteiger partial charge in [-0.1, -0.05) is 18.2 Å². The number of hydrogen-bond acceptors (Lipinski definition) is 4. The largest absolute Gasteiger partial charge is 0.348 e. The van der Waals surface area contributed by atoms with Crippen molar-refractivity contribution < 1.29 is 17.6 Å². The van der Waals surface area contributed by atoms with Gasteiger partial charge in [-0.15, -0.1) is 0 Å². The maximum atomic E-state index is 13.1. The third-order valence-corrected chi connectivity index (χ3v) is 7.69. The van der Waals surface area contributed by atoms with Crippen molar-refractivity contribution in [3.05, 3.63) is 65.0 Å². The highest BCUT2D eigenvalue weighted by molar-refractivity contribution is 7.89. The van der Waals surface area contributed by atoms with E-state index in [9.17, 15) is 17.6 Å². The van der Waals surface area contributed by atoms with E-state index < -0.39 is 15.8 Å². The number of carbonyl (C=O) groups excluding carboxylic acids is 1. The number of amides is 1. The lowest BCUT2D eigenvalue weighted by Crippen LogP contribution is -2.40. The average Bonchev–Trinajstić information content (AvgIpc) is 2.96. The van der Waals surface area contributed by atoms with Crippen molar-refractivity contribution in [1.29, 1.82) is 0 Å². The molecule has 2 aromatic carbocycles. The number of carbonyl (C=O) groups is 1. The highest BCUT2D eigenvalue weighted by Gasteiger charge is 2.27. The summed E-state index contributed by atoms with van der Waals surface area (Å²) < 4.78 is 40.2. The van der Waals surface area contributed by atoms with Gasteiger partial charge in [0.1, 0.15) is 5.82 Å². The molecule has 1 N–H and O–H groups in total. The smallest absolute Gasteiger partial charge is 0.243 e. The Hall–Kier alpha value is -2.29. The van der Waals surface area contributed by atoms with Crippen molar-refractivity contribution in [1.82, 2.24) is 14.5 Å². The van der Waals surface area contributed by atoms with Crippen LogP contribution in [-0.4, -0.2) is 56.3 Å². The molecule has 8 heteroatoms. The van der Waals surface area contributed by atoms with E-state index in [-0.39, 0.29) is 23.4 Å². The Morgan fingerprint density at radius 3 is 2.42 bits per heavy atom. The van der Waals surface area contributed by atoms with E-state index >= 15 is 0 Å². The first-order valence-corrected chi connectivity index (χ1v) is 12.0. The predicted molar refractivity (Wildman–Crippen MR) is 119 cm³/mol. The van der Waals surface area contributed by atoms with Gasteiger partial charge >= 0.3 is 0 Å². The van der Waals surface area contributed by atoms with E-state index in [2.05, 4.69) is 31.3 Å². The van der Waals surface area contributed by atoms with E-state index in [1.807, 2.05) is 17.9 Å². The first-order chi connectivity index (χ1) is 14.7. The van der Waals surface area contributed by atoms with Crippen LogP contribution < -0.4 is 5.32 Å². The summed E-state index contributed by atoms with van der Waals surface area (Å²) in [7, 11) is -3.68. The molecule has 1 saturated heterocycles. The number of nitrogens with zero attached hydrogens (tertiary/aromatic N) is 2.